The molecule has 0 N–H and O–H groups in total. The zero-order valence-corrected chi connectivity index (χ0v) is 7.15. The molecule has 0 aliphatic rings. The minimum Gasteiger partial charge on any atom is -0.463 e. The van der Waals surface area contributed by atoms with E-state index >= 15 is 0 Å². The van der Waals surface area contributed by atoms with Crippen LogP contribution in [0.3, 0.4) is 0 Å². The molecule has 9 heteroatoms. The zero-order chi connectivity index (χ0) is 10.8. The van der Waals surface area contributed by atoms with Gasteiger partial charge in [-0.2, -0.15) is 0 Å². The highest BCUT2D eigenvalue weighted by Crippen LogP contribution is 2.10. The van der Waals surface area contributed by atoms with Crippen molar-refractivity contribution in [1.82, 2.24) is 14.8 Å². The molecule has 0 aliphatic carbocycles. The molecule has 14 heavy (non-hydrogen) atoms. The van der Waals surface area contributed by atoms with Crippen LogP contribution in [0, 0.1) is 0 Å². The number of methoxy groups -OCH3 is 1. The second kappa shape index (κ2) is 3.68. The number of ether oxygens (including phenoxy) is 1. The van der Waals surface area contributed by atoms with E-state index in [1.54, 1.807) is 0 Å². The molecule has 0 aliphatic heterocycles. The van der Waals surface area contributed by atoms with Gasteiger partial charge in [-0.05, 0) is 0 Å². The Labute approximate surface area is 76.9 Å². The SMILES string of the molecule is COC(=O)c1ncn(C[B-](F)(F)F)n1. The Hall–Kier alpha value is -1.54. The van der Waals surface area contributed by atoms with Gasteiger partial charge in [-0.25, -0.2) is 9.78 Å². The van der Waals surface area contributed by atoms with Crippen molar-refractivity contribution >= 4 is 12.9 Å². The van der Waals surface area contributed by atoms with Gasteiger partial charge in [-0.3, -0.25) is 4.68 Å². The molecule has 0 atom stereocenters. The van der Waals surface area contributed by atoms with E-state index in [1.807, 2.05) is 0 Å². The van der Waals surface area contributed by atoms with Crippen LogP contribution < -0.4 is 0 Å². The van der Waals surface area contributed by atoms with Gasteiger partial charge in [0.1, 0.15) is 6.33 Å². The Bertz CT molecular complexity index is 337. The van der Waals surface area contributed by atoms with Crippen LogP contribution in [0.5, 0.6) is 0 Å². The van der Waals surface area contributed by atoms with Crippen molar-refractivity contribution in [1.29, 1.82) is 0 Å². The van der Waals surface area contributed by atoms with Crippen molar-refractivity contribution in [3.05, 3.63) is 12.2 Å². The van der Waals surface area contributed by atoms with Crippen LogP contribution in [0.25, 0.3) is 0 Å². The Morgan fingerprint density at radius 3 is 2.79 bits per heavy atom. The fourth-order valence-electron chi connectivity index (χ4n) is 0.780. The lowest BCUT2D eigenvalue weighted by molar-refractivity contribution is 0.0586. The summed E-state index contributed by atoms with van der Waals surface area (Å²) < 4.78 is 40.4. The average molecular weight is 208 g/mol. The lowest BCUT2D eigenvalue weighted by Crippen LogP contribution is -2.24. The monoisotopic (exact) mass is 208 g/mol. The van der Waals surface area contributed by atoms with Crippen LogP contribution in [-0.2, 0) is 11.2 Å². The molecule has 0 spiro atoms. The fourth-order valence-corrected chi connectivity index (χ4v) is 0.780. The predicted molar refractivity (Wildman–Crippen MR) is 40.4 cm³/mol. The third-order valence-corrected chi connectivity index (χ3v) is 1.30. The molecule has 0 bridgehead atoms. The van der Waals surface area contributed by atoms with Gasteiger partial charge in [-0.1, -0.05) is 0 Å². The Kier molecular flexibility index (Phi) is 2.77. The molecule has 78 valence electrons. The highest BCUT2D eigenvalue weighted by atomic mass is 19.4. The molecular weight excluding hydrogens is 202 g/mol. The first-order chi connectivity index (χ1) is 6.42. The van der Waals surface area contributed by atoms with Crippen LogP contribution in [-0.4, -0.2) is 34.8 Å². The van der Waals surface area contributed by atoms with Crippen molar-refractivity contribution in [2.45, 2.75) is 6.44 Å². The minimum atomic E-state index is -4.99. The smallest absolute Gasteiger partial charge is 0.463 e. The first-order valence-electron chi connectivity index (χ1n) is 3.61. The summed E-state index contributed by atoms with van der Waals surface area (Å²) in [7, 11) is 1.09. The molecule has 0 aromatic carbocycles. The quantitative estimate of drug-likeness (QED) is 0.534. The largest absolute Gasteiger partial charge is 0.499 e. The van der Waals surface area contributed by atoms with E-state index in [2.05, 4.69) is 14.8 Å². The number of aromatic nitrogens is 3. The molecule has 5 nitrogen and oxygen atoms in total. The third kappa shape index (κ3) is 2.75. The lowest BCUT2D eigenvalue weighted by atomic mass is 9.93. The van der Waals surface area contributed by atoms with Crippen LogP contribution in [0.1, 0.15) is 10.6 Å². The Balaban J connectivity index is 2.74. The standard InChI is InChI=1S/C5H6BF3N3O2/c1-14-5(13)4-10-3-12(11-4)2-6(7,8)9/h3H,2H2,1H3/q-1. The maximum atomic E-state index is 11.9. The number of hydrogen-bond donors (Lipinski definition) is 0. The van der Waals surface area contributed by atoms with Gasteiger partial charge in [-0.15, -0.1) is 5.10 Å². The van der Waals surface area contributed by atoms with E-state index in [4.69, 9.17) is 0 Å². The number of esters is 1. The van der Waals surface area contributed by atoms with Crippen molar-refractivity contribution in [2.75, 3.05) is 7.11 Å². The number of halogens is 3. The third-order valence-electron chi connectivity index (χ3n) is 1.30. The first kappa shape index (κ1) is 10.5. The summed E-state index contributed by atoms with van der Waals surface area (Å²) in [5.74, 6) is -1.24. The summed E-state index contributed by atoms with van der Waals surface area (Å²) in [5.41, 5.74) is 0. The number of nitrogens with zero attached hydrogens (tertiary/aromatic N) is 3. The average Bonchev–Trinajstić information content (AvgIpc) is 2.48. The molecule has 1 rings (SSSR count). The molecule has 1 aromatic rings. The van der Waals surface area contributed by atoms with Gasteiger partial charge in [0.05, 0.1) is 7.11 Å². The second-order valence-corrected chi connectivity index (χ2v) is 2.49. The van der Waals surface area contributed by atoms with E-state index in [9.17, 15) is 17.7 Å². The summed E-state index contributed by atoms with van der Waals surface area (Å²) in [6, 6.07) is 0. The highest BCUT2D eigenvalue weighted by molar-refractivity contribution is 6.57. The van der Waals surface area contributed by atoms with Crippen LogP contribution in [0.4, 0.5) is 12.9 Å². The molecule has 0 fully saturated rings. The minimum absolute atomic E-state index is 0.382. The number of rotatable bonds is 3. The Morgan fingerprint density at radius 1 is 1.64 bits per heavy atom. The molecular formula is C5H6BF3N3O2-. The van der Waals surface area contributed by atoms with Crippen molar-refractivity contribution in [2.24, 2.45) is 0 Å². The lowest BCUT2D eigenvalue weighted by Gasteiger charge is -2.11. The maximum absolute atomic E-state index is 11.9. The zero-order valence-electron chi connectivity index (χ0n) is 7.15. The van der Waals surface area contributed by atoms with Gasteiger partial charge in [0, 0.05) is 6.44 Å². The van der Waals surface area contributed by atoms with Gasteiger partial charge < -0.3 is 17.7 Å². The van der Waals surface area contributed by atoms with Gasteiger partial charge >= 0.3 is 12.9 Å². The summed E-state index contributed by atoms with van der Waals surface area (Å²) in [5, 5.41) is 3.29. The Morgan fingerprint density at radius 2 is 2.29 bits per heavy atom. The normalized spacial score (nSPS) is 11.4. The molecule has 0 amide bonds. The molecule has 0 saturated heterocycles. The van der Waals surface area contributed by atoms with E-state index in [0.717, 1.165) is 13.4 Å². The summed E-state index contributed by atoms with van der Waals surface area (Å²) in [6.07, 6.45) is -0.383. The van der Waals surface area contributed by atoms with E-state index in [-0.39, 0.29) is 5.82 Å². The first-order valence-corrected chi connectivity index (χ1v) is 3.61. The number of carbonyl (C=O) groups is 1. The highest BCUT2D eigenvalue weighted by Gasteiger charge is 2.25. The number of carbonyl (C=O) groups excluding carboxylic acids is 1. The predicted octanol–water partition coefficient (Wildman–Crippen LogP) is 0.451. The fraction of sp³-hybridized carbons (Fsp3) is 0.400. The van der Waals surface area contributed by atoms with Gasteiger partial charge in [0.15, 0.2) is 0 Å². The van der Waals surface area contributed by atoms with E-state index < -0.39 is 19.4 Å². The van der Waals surface area contributed by atoms with Gasteiger partial charge in [0.25, 0.3) is 5.82 Å². The molecule has 1 heterocycles. The van der Waals surface area contributed by atoms with Crippen LogP contribution in [0.15, 0.2) is 6.33 Å². The molecule has 0 saturated carbocycles. The second-order valence-electron chi connectivity index (χ2n) is 2.49. The van der Waals surface area contributed by atoms with Crippen LogP contribution in [0.2, 0.25) is 0 Å². The van der Waals surface area contributed by atoms with Gasteiger partial charge in [0.2, 0.25) is 0 Å². The topological polar surface area (TPSA) is 57.0 Å². The maximum Gasteiger partial charge on any atom is 0.499 e. The molecule has 0 unspecified atom stereocenters. The van der Waals surface area contributed by atoms with E-state index in [0.29, 0.717) is 4.68 Å². The number of hydrogen-bond acceptors (Lipinski definition) is 4. The van der Waals surface area contributed by atoms with Crippen molar-refractivity contribution in [3.8, 4) is 0 Å². The summed E-state index contributed by atoms with van der Waals surface area (Å²) in [4.78, 5) is 14.1. The van der Waals surface area contributed by atoms with Crippen molar-refractivity contribution in [3.63, 3.8) is 0 Å². The summed E-state index contributed by atoms with van der Waals surface area (Å²) >= 11 is 0. The molecule has 0 radical (unpaired) electrons. The van der Waals surface area contributed by atoms with Crippen molar-refractivity contribution < 1.29 is 22.5 Å². The van der Waals surface area contributed by atoms with Crippen LogP contribution >= 0.6 is 0 Å². The molecule has 1 aromatic heterocycles. The van der Waals surface area contributed by atoms with E-state index in [1.165, 1.54) is 0 Å². The summed E-state index contributed by atoms with van der Waals surface area (Å²) in [6.45, 7) is -4.99.